The molecule has 14 heavy (non-hydrogen) atoms. The van der Waals surface area contributed by atoms with E-state index in [0.29, 0.717) is 0 Å². The smallest absolute Gasteiger partial charge is 0.175 e. The second kappa shape index (κ2) is 5.37. The lowest BCUT2D eigenvalue weighted by atomic mass is 10.2. The normalized spacial score (nSPS) is 12.2. The summed E-state index contributed by atoms with van der Waals surface area (Å²) >= 11 is 0. The average molecular weight is 191 g/mol. The number of hydrogen-bond acceptors (Lipinski definition) is 3. The zero-order valence-electron chi connectivity index (χ0n) is 9.04. The van der Waals surface area contributed by atoms with Crippen LogP contribution in [0.1, 0.15) is 26.5 Å². The molecule has 0 radical (unpaired) electrons. The SMILES string of the molecule is CC.CCc1ccc2c(n1)N=CCN2. The van der Waals surface area contributed by atoms with E-state index in [4.69, 9.17) is 0 Å². The second-order valence-corrected chi connectivity index (χ2v) is 2.72. The minimum Gasteiger partial charge on any atom is -0.377 e. The van der Waals surface area contributed by atoms with E-state index in [0.717, 1.165) is 30.2 Å². The molecule has 0 unspecified atom stereocenters. The van der Waals surface area contributed by atoms with Crippen molar-refractivity contribution in [3.63, 3.8) is 0 Å². The molecule has 1 aliphatic heterocycles. The first-order valence-electron chi connectivity index (χ1n) is 5.16. The van der Waals surface area contributed by atoms with Crippen molar-refractivity contribution in [3.05, 3.63) is 17.8 Å². The van der Waals surface area contributed by atoms with Crippen molar-refractivity contribution in [2.45, 2.75) is 27.2 Å². The number of rotatable bonds is 1. The van der Waals surface area contributed by atoms with E-state index in [1.54, 1.807) is 0 Å². The molecule has 0 saturated carbocycles. The van der Waals surface area contributed by atoms with E-state index in [-0.39, 0.29) is 0 Å². The van der Waals surface area contributed by atoms with Gasteiger partial charge in [-0.25, -0.2) is 9.98 Å². The van der Waals surface area contributed by atoms with E-state index >= 15 is 0 Å². The molecule has 3 nitrogen and oxygen atoms in total. The summed E-state index contributed by atoms with van der Waals surface area (Å²) in [6.07, 6.45) is 2.80. The van der Waals surface area contributed by atoms with Gasteiger partial charge >= 0.3 is 0 Å². The van der Waals surface area contributed by atoms with Crippen LogP contribution < -0.4 is 5.32 Å². The van der Waals surface area contributed by atoms with E-state index in [1.165, 1.54) is 0 Å². The molecule has 2 heterocycles. The van der Waals surface area contributed by atoms with Gasteiger partial charge in [-0.1, -0.05) is 20.8 Å². The Morgan fingerprint density at radius 3 is 2.86 bits per heavy atom. The molecule has 1 N–H and O–H groups in total. The number of aryl methyl sites for hydroxylation is 1. The number of nitrogens with zero attached hydrogens (tertiary/aromatic N) is 2. The summed E-state index contributed by atoms with van der Waals surface area (Å²) in [6.45, 7) is 6.90. The summed E-state index contributed by atoms with van der Waals surface area (Å²) in [5.41, 5.74) is 2.13. The minimum absolute atomic E-state index is 0.806. The summed E-state index contributed by atoms with van der Waals surface area (Å²) in [5.74, 6) is 0.820. The Hall–Kier alpha value is -1.38. The fraction of sp³-hybridized carbons (Fsp3) is 0.455. The van der Waals surface area contributed by atoms with E-state index in [9.17, 15) is 0 Å². The Bertz CT molecular complexity index is 318. The van der Waals surface area contributed by atoms with Crippen LogP contribution >= 0.6 is 0 Å². The third-order valence-corrected chi connectivity index (χ3v) is 1.89. The lowest BCUT2D eigenvalue weighted by Gasteiger charge is -2.11. The van der Waals surface area contributed by atoms with Gasteiger partial charge in [-0.05, 0) is 18.6 Å². The standard InChI is InChI=1S/C9H11N3.C2H6/c1-2-7-3-4-8-9(12-7)11-6-5-10-8;1-2/h3-4,6,10H,2,5H2,1H3;1-2H3. The summed E-state index contributed by atoms with van der Waals surface area (Å²) < 4.78 is 0. The lowest BCUT2D eigenvalue weighted by Crippen LogP contribution is -2.07. The van der Waals surface area contributed by atoms with Crippen LogP contribution in [0.5, 0.6) is 0 Å². The summed E-state index contributed by atoms with van der Waals surface area (Å²) in [6, 6.07) is 4.07. The van der Waals surface area contributed by atoms with Gasteiger partial charge in [0.05, 0.1) is 12.2 Å². The molecule has 0 bridgehead atoms. The number of nitrogens with one attached hydrogen (secondary N) is 1. The molecule has 1 aromatic rings. The number of pyridine rings is 1. The molecule has 2 rings (SSSR count). The highest BCUT2D eigenvalue weighted by Crippen LogP contribution is 2.24. The van der Waals surface area contributed by atoms with Gasteiger partial charge in [0.2, 0.25) is 0 Å². The number of aliphatic imine (C=N–C) groups is 1. The van der Waals surface area contributed by atoms with Crippen molar-refractivity contribution in [1.82, 2.24) is 4.98 Å². The predicted molar refractivity (Wildman–Crippen MR) is 61.6 cm³/mol. The van der Waals surface area contributed by atoms with Crippen LogP contribution in [0.3, 0.4) is 0 Å². The molecule has 1 aliphatic rings. The fourth-order valence-corrected chi connectivity index (χ4v) is 1.21. The van der Waals surface area contributed by atoms with Crippen LogP contribution in [-0.4, -0.2) is 17.7 Å². The molecular weight excluding hydrogens is 174 g/mol. The first-order chi connectivity index (χ1) is 6.90. The molecule has 0 saturated heterocycles. The van der Waals surface area contributed by atoms with Gasteiger partial charge in [0.25, 0.3) is 0 Å². The van der Waals surface area contributed by atoms with Crippen molar-refractivity contribution < 1.29 is 0 Å². The summed E-state index contributed by atoms with van der Waals surface area (Å²) in [4.78, 5) is 8.57. The molecule has 76 valence electrons. The van der Waals surface area contributed by atoms with Crippen LogP contribution in [0.15, 0.2) is 17.1 Å². The molecule has 0 atom stereocenters. The molecule has 3 heteroatoms. The zero-order valence-corrected chi connectivity index (χ0v) is 9.04. The highest BCUT2D eigenvalue weighted by atomic mass is 15.0. The summed E-state index contributed by atoms with van der Waals surface area (Å²) in [7, 11) is 0. The van der Waals surface area contributed by atoms with Gasteiger partial charge in [-0.2, -0.15) is 0 Å². The van der Waals surface area contributed by atoms with Crippen LogP contribution in [0.2, 0.25) is 0 Å². The van der Waals surface area contributed by atoms with Gasteiger partial charge in [0.1, 0.15) is 0 Å². The van der Waals surface area contributed by atoms with E-state index in [2.05, 4.69) is 22.2 Å². The van der Waals surface area contributed by atoms with Crippen molar-refractivity contribution >= 4 is 17.7 Å². The molecular formula is C11H17N3. The van der Waals surface area contributed by atoms with Gasteiger partial charge in [0, 0.05) is 11.9 Å². The minimum atomic E-state index is 0.806. The van der Waals surface area contributed by atoms with Crippen LogP contribution in [0.4, 0.5) is 11.5 Å². The Kier molecular flexibility index (Phi) is 4.11. The highest BCUT2D eigenvalue weighted by molar-refractivity contribution is 5.78. The molecule has 0 spiro atoms. The fourth-order valence-electron chi connectivity index (χ4n) is 1.21. The largest absolute Gasteiger partial charge is 0.377 e. The number of hydrogen-bond donors (Lipinski definition) is 1. The molecule has 0 fully saturated rings. The van der Waals surface area contributed by atoms with Crippen LogP contribution in [-0.2, 0) is 6.42 Å². The van der Waals surface area contributed by atoms with E-state index < -0.39 is 0 Å². The van der Waals surface area contributed by atoms with Crippen molar-refractivity contribution in [1.29, 1.82) is 0 Å². The lowest BCUT2D eigenvalue weighted by molar-refractivity contribution is 1.03. The maximum atomic E-state index is 4.37. The maximum absolute atomic E-state index is 4.37. The first-order valence-corrected chi connectivity index (χ1v) is 5.16. The topological polar surface area (TPSA) is 37.3 Å². The molecule has 0 amide bonds. The third-order valence-electron chi connectivity index (χ3n) is 1.89. The van der Waals surface area contributed by atoms with Crippen molar-refractivity contribution in [2.24, 2.45) is 4.99 Å². The number of anilines is 1. The maximum Gasteiger partial charge on any atom is 0.175 e. The average Bonchev–Trinajstić information content (AvgIpc) is 2.31. The van der Waals surface area contributed by atoms with E-state index in [1.807, 2.05) is 32.2 Å². The Balaban J connectivity index is 0.000000461. The van der Waals surface area contributed by atoms with Gasteiger partial charge in [0.15, 0.2) is 5.82 Å². The van der Waals surface area contributed by atoms with Crippen molar-refractivity contribution in [2.75, 3.05) is 11.9 Å². The first kappa shape index (κ1) is 10.7. The third kappa shape index (κ3) is 2.31. The Labute approximate surface area is 85.3 Å². The number of aromatic nitrogens is 1. The second-order valence-electron chi connectivity index (χ2n) is 2.72. The van der Waals surface area contributed by atoms with Crippen LogP contribution in [0, 0.1) is 0 Å². The zero-order chi connectivity index (χ0) is 10.4. The molecule has 0 aliphatic carbocycles. The Morgan fingerprint density at radius 2 is 2.14 bits per heavy atom. The Morgan fingerprint density at radius 1 is 1.36 bits per heavy atom. The monoisotopic (exact) mass is 191 g/mol. The van der Waals surface area contributed by atoms with Gasteiger partial charge < -0.3 is 5.32 Å². The highest BCUT2D eigenvalue weighted by Gasteiger charge is 2.05. The van der Waals surface area contributed by atoms with Gasteiger partial charge in [-0.3, -0.25) is 0 Å². The molecule has 0 aromatic carbocycles. The predicted octanol–water partition coefficient (Wildman–Crippen LogP) is 2.80. The quantitative estimate of drug-likeness (QED) is 0.741. The molecule has 1 aromatic heterocycles. The van der Waals surface area contributed by atoms with Gasteiger partial charge in [-0.15, -0.1) is 0 Å². The van der Waals surface area contributed by atoms with Crippen LogP contribution in [0.25, 0.3) is 0 Å². The number of fused-ring (bicyclic) bond motifs is 1. The van der Waals surface area contributed by atoms with Crippen molar-refractivity contribution in [3.8, 4) is 0 Å². The summed E-state index contributed by atoms with van der Waals surface area (Å²) in [5, 5.41) is 3.20.